The smallest absolute Gasteiger partial charge is 0.217 e. The predicted octanol–water partition coefficient (Wildman–Crippen LogP) is 2.78. The third kappa shape index (κ3) is 3.44. The number of aryl methyl sites for hydroxylation is 1. The van der Waals surface area contributed by atoms with Crippen LogP contribution in [0.25, 0.3) is 5.41 Å². The van der Waals surface area contributed by atoms with Crippen LogP contribution in [0.4, 0.5) is 0 Å². The Hall–Kier alpha value is -3.90. The molecule has 0 spiro atoms. The highest BCUT2D eigenvalue weighted by atomic mass is 16.5. The Morgan fingerprint density at radius 3 is 2.47 bits per heavy atom. The number of hydrogen-bond acceptors (Lipinski definition) is 5. The minimum atomic E-state index is -1.47. The van der Waals surface area contributed by atoms with Crippen LogP contribution in [-0.2, 0) is 0 Å². The van der Waals surface area contributed by atoms with Gasteiger partial charge in [-0.3, -0.25) is 0 Å². The van der Waals surface area contributed by atoms with Crippen molar-refractivity contribution < 1.29 is 14.4 Å². The fourth-order valence-electron chi connectivity index (χ4n) is 4.58. The average molecular weight is 425 g/mol. The fraction of sp³-hybridized carbons (Fsp3) is 0.320. The zero-order chi connectivity index (χ0) is 22.9. The Balaban J connectivity index is 2.07. The van der Waals surface area contributed by atoms with E-state index in [0.29, 0.717) is 11.3 Å². The van der Waals surface area contributed by atoms with Gasteiger partial charge in [0.15, 0.2) is 12.4 Å². The molecule has 1 fully saturated rings. The summed E-state index contributed by atoms with van der Waals surface area (Å²) in [7, 11) is 1.56. The molecule has 2 aliphatic rings. The summed E-state index contributed by atoms with van der Waals surface area (Å²) < 4.78 is 7.51. The lowest BCUT2D eigenvalue weighted by atomic mass is 9.73. The van der Waals surface area contributed by atoms with Crippen LogP contribution < -0.4 is 14.6 Å². The highest BCUT2D eigenvalue weighted by Gasteiger charge is 2.61. The molecular formula is C25H23N5O2. The molecule has 7 heteroatoms. The van der Waals surface area contributed by atoms with E-state index in [1.807, 2.05) is 66.2 Å². The van der Waals surface area contributed by atoms with Gasteiger partial charge in [-0.1, -0.05) is 18.2 Å². The fourth-order valence-corrected chi connectivity index (χ4v) is 4.58. The highest BCUT2D eigenvalue weighted by molar-refractivity contribution is 5.74. The second kappa shape index (κ2) is 8.32. The maximum Gasteiger partial charge on any atom is 0.217 e. The van der Waals surface area contributed by atoms with Gasteiger partial charge in [-0.15, -0.1) is 0 Å². The second-order valence-electron chi connectivity index (χ2n) is 8.21. The van der Waals surface area contributed by atoms with E-state index >= 15 is 0 Å². The van der Waals surface area contributed by atoms with Crippen molar-refractivity contribution in [3.63, 3.8) is 0 Å². The zero-order valence-electron chi connectivity index (χ0n) is 17.9. The van der Waals surface area contributed by atoms with Crippen LogP contribution in [0.2, 0.25) is 0 Å². The van der Waals surface area contributed by atoms with Gasteiger partial charge in [0, 0.05) is 23.6 Å². The van der Waals surface area contributed by atoms with Crippen molar-refractivity contribution in [2.45, 2.75) is 37.5 Å². The van der Waals surface area contributed by atoms with Crippen LogP contribution in [0.1, 0.15) is 35.9 Å². The standard InChI is InChI=1S/C25H23N5O2/c1-16-9-11-30(12-10-16)24-22(19-5-3-4-6-21(19)32-2)20(15-28)23(17(13-26)14-27)29-25(24,31)18-7-8-18/h3-6,9-12,18,22,24,29,31H,7-8H2,1-2H3/t22-,24-,25+/m1/s1. The average Bonchev–Trinajstić information content (AvgIpc) is 3.66. The lowest BCUT2D eigenvalue weighted by Gasteiger charge is -2.43. The molecule has 0 bridgehead atoms. The van der Waals surface area contributed by atoms with Gasteiger partial charge in [-0.2, -0.15) is 15.1 Å². The molecule has 160 valence electrons. The Kier molecular flexibility index (Phi) is 5.55. The van der Waals surface area contributed by atoms with Crippen molar-refractivity contribution >= 4 is 5.87 Å². The zero-order valence-corrected chi connectivity index (χ0v) is 17.9. The number of hydrogen-bond donors (Lipinski definition) is 2. The van der Waals surface area contributed by atoms with Crippen LogP contribution >= 0.6 is 0 Å². The van der Waals surface area contributed by atoms with E-state index in [1.165, 1.54) is 0 Å². The van der Waals surface area contributed by atoms with E-state index in [2.05, 4.69) is 11.4 Å². The van der Waals surface area contributed by atoms with E-state index in [4.69, 9.17) is 4.74 Å². The number of benzene rings is 1. The molecule has 0 radical (unpaired) electrons. The van der Waals surface area contributed by atoms with Crippen molar-refractivity contribution in [3.8, 4) is 17.9 Å². The molecule has 0 unspecified atom stereocenters. The number of aromatic nitrogens is 1. The Bertz CT molecular complexity index is 1210. The molecular weight excluding hydrogens is 402 g/mol. The molecule has 2 N–H and O–H groups in total. The largest absolute Gasteiger partial charge is 0.762 e. The lowest BCUT2D eigenvalue weighted by Crippen LogP contribution is -2.66. The SMILES string of the molecule is COc1ccccc1[C@@H]1C(C#N)=C(C(=C=[N-])C#N)N[C@](O)(C2CC2)[C@@H]1[n+]1ccc(C)cc1. The van der Waals surface area contributed by atoms with E-state index in [0.717, 1.165) is 18.4 Å². The van der Waals surface area contributed by atoms with Crippen molar-refractivity contribution in [2.24, 2.45) is 5.92 Å². The molecule has 2 heterocycles. The van der Waals surface area contributed by atoms with Crippen LogP contribution in [-0.4, -0.2) is 23.8 Å². The lowest BCUT2D eigenvalue weighted by molar-refractivity contribution is -0.742. The number of aliphatic hydroxyl groups is 1. The first-order valence-corrected chi connectivity index (χ1v) is 10.4. The van der Waals surface area contributed by atoms with Crippen molar-refractivity contribution in [2.75, 3.05) is 7.11 Å². The number of nitrogens with one attached hydrogen (secondary N) is 1. The summed E-state index contributed by atoms with van der Waals surface area (Å²) in [6, 6.07) is 14.7. The number of pyridine rings is 1. The van der Waals surface area contributed by atoms with Crippen LogP contribution in [0, 0.1) is 35.5 Å². The third-order valence-corrected chi connectivity index (χ3v) is 6.28. The highest BCUT2D eigenvalue weighted by Crippen LogP contribution is 2.53. The topological polar surface area (TPSA) is 115 Å². The Labute approximate surface area is 187 Å². The first-order valence-electron chi connectivity index (χ1n) is 10.4. The maximum absolute atomic E-state index is 12.1. The first kappa shape index (κ1) is 21.3. The molecule has 32 heavy (non-hydrogen) atoms. The summed E-state index contributed by atoms with van der Waals surface area (Å²) in [6.07, 6.45) is 5.37. The number of rotatable bonds is 5. The van der Waals surface area contributed by atoms with Gasteiger partial charge < -0.3 is 20.6 Å². The summed E-state index contributed by atoms with van der Waals surface area (Å²) in [6.45, 7) is 1.98. The quantitative estimate of drug-likeness (QED) is 0.434. The molecule has 1 aliphatic carbocycles. The summed E-state index contributed by atoms with van der Waals surface area (Å²) in [5, 5.41) is 44.5. The molecule has 0 amide bonds. The minimum absolute atomic E-state index is 0.0896. The number of para-hydroxylation sites is 1. The van der Waals surface area contributed by atoms with E-state index in [1.54, 1.807) is 13.2 Å². The number of ether oxygens (including phenoxy) is 1. The molecule has 7 nitrogen and oxygen atoms in total. The molecule has 4 rings (SSSR count). The van der Waals surface area contributed by atoms with Crippen molar-refractivity contribution in [1.82, 2.24) is 5.32 Å². The van der Waals surface area contributed by atoms with Crippen LogP contribution in [0.15, 0.2) is 65.6 Å². The molecule has 2 aromatic rings. The van der Waals surface area contributed by atoms with Gasteiger partial charge in [0.05, 0.1) is 35.9 Å². The minimum Gasteiger partial charge on any atom is -0.762 e. The van der Waals surface area contributed by atoms with Gasteiger partial charge in [0.2, 0.25) is 11.8 Å². The normalized spacial score (nSPS) is 24.5. The maximum atomic E-state index is 12.1. The summed E-state index contributed by atoms with van der Waals surface area (Å²) in [5.74, 6) is 1.71. The molecule has 1 aromatic carbocycles. The number of methoxy groups -OCH3 is 1. The van der Waals surface area contributed by atoms with Gasteiger partial charge in [-0.05, 0) is 31.4 Å². The van der Waals surface area contributed by atoms with Gasteiger partial charge in [0.1, 0.15) is 11.8 Å². The summed E-state index contributed by atoms with van der Waals surface area (Å²) in [4.78, 5) is 0. The van der Waals surface area contributed by atoms with Crippen LogP contribution in [0.3, 0.4) is 0 Å². The first-order chi connectivity index (χ1) is 15.5. The predicted molar refractivity (Wildman–Crippen MR) is 117 cm³/mol. The van der Waals surface area contributed by atoms with Gasteiger partial charge >= 0.3 is 0 Å². The molecule has 1 aliphatic heterocycles. The van der Waals surface area contributed by atoms with Crippen molar-refractivity contribution in [1.29, 1.82) is 10.5 Å². The summed E-state index contributed by atoms with van der Waals surface area (Å²) in [5.41, 5.74) is 0.379. The molecule has 3 atom stereocenters. The number of nitriles is 2. The molecule has 1 aromatic heterocycles. The summed E-state index contributed by atoms with van der Waals surface area (Å²) >= 11 is 0. The second-order valence-corrected chi connectivity index (χ2v) is 8.21. The van der Waals surface area contributed by atoms with E-state index < -0.39 is 17.7 Å². The van der Waals surface area contributed by atoms with Gasteiger partial charge in [0.25, 0.3) is 0 Å². The van der Waals surface area contributed by atoms with Crippen molar-refractivity contribution in [3.05, 3.63) is 82.2 Å². The van der Waals surface area contributed by atoms with E-state index in [9.17, 15) is 21.0 Å². The monoisotopic (exact) mass is 425 g/mol. The molecule has 0 saturated heterocycles. The Morgan fingerprint density at radius 2 is 1.91 bits per heavy atom. The molecule has 1 saturated carbocycles. The number of nitrogens with zero attached hydrogens (tertiary/aromatic N) is 4. The van der Waals surface area contributed by atoms with Gasteiger partial charge in [-0.25, -0.2) is 5.87 Å². The van der Waals surface area contributed by atoms with Crippen LogP contribution in [0.5, 0.6) is 5.75 Å². The third-order valence-electron chi connectivity index (χ3n) is 6.28. The number of allylic oxidation sites excluding steroid dienone is 2. The van der Waals surface area contributed by atoms with E-state index in [-0.39, 0.29) is 22.8 Å². The Morgan fingerprint density at radius 1 is 1.22 bits per heavy atom.